The Morgan fingerprint density at radius 3 is 2.79 bits per heavy atom. The average molecular weight is 433 g/mol. The van der Waals surface area contributed by atoms with Crippen LogP contribution >= 0.6 is 22.6 Å². The minimum atomic E-state index is 0.329. The van der Waals surface area contributed by atoms with Gasteiger partial charge < -0.3 is 15.3 Å². The molecule has 0 aliphatic heterocycles. The Bertz CT molecular complexity index is 866. The molecule has 4 nitrogen and oxygen atoms in total. The summed E-state index contributed by atoms with van der Waals surface area (Å²) in [5.74, 6) is 0.329. The molecule has 24 heavy (non-hydrogen) atoms. The number of aromatic nitrogens is 1. The van der Waals surface area contributed by atoms with Crippen LogP contribution in [0.1, 0.15) is 12.5 Å². The maximum atomic E-state index is 10.1. The summed E-state index contributed by atoms with van der Waals surface area (Å²) in [5.41, 5.74) is 3.85. The van der Waals surface area contributed by atoms with E-state index in [0.717, 1.165) is 34.4 Å². The second-order valence-electron chi connectivity index (χ2n) is 5.82. The number of pyridine rings is 1. The van der Waals surface area contributed by atoms with E-state index in [0.29, 0.717) is 12.3 Å². The van der Waals surface area contributed by atoms with Crippen molar-refractivity contribution in [2.45, 2.75) is 13.5 Å². The highest BCUT2D eigenvalue weighted by molar-refractivity contribution is 14.1. The fraction of sp³-hybridized carbons (Fsp3) is 0.211. The third-order valence-electron chi connectivity index (χ3n) is 4.04. The van der Waals surface area contributed by atoms with Crippen LogP contribution in [-0.2, 0) is 6.54 Å². The van der Waals surface area contributed by atoms with Crippen molar-refractivity contribution in [3.05, 3.63) is 57.8 Å². The number of halogens is 1. The van der Waals surface area contributed by atoms with Crippen molar-refractivity contribution >= 4 is 44.9 Å². The number of phenolic OH excluding ortho intramolecular Hbond substituents is 1. The summed E-state index contributed by atoms with van der Waals surface area (Å²) in [7, 11) is 2.04. The van der Waals surface area contributed by atoms with Gasteiger partial charge in [-0.2, -0.15) is 0 Å². The van der Waals surface area contributed by atoms with Crippen molar-refractivity contribution < 1.29 is 5.11 Å². The number of nitrogens with zero attached hydrogens (tertiary/aromatic N) is 2. The second-order valence-corrected chi connectivity index (χ2v) is 7.06. The molecule has 0 saturated carbocycles. The van der Waals surface area contributed by atoms with Crippen LogP contribution in [-0.4, -0.2) is 28.6 Å². The SMILES string of the molecule is CCN(C)Cc1cc(Nc2ccnc3cc(I)ccc23)ccc1O. The zero-order valence-corrected chi connectivity index (χ0v) is 15.9. The van der Waals surface area contributed by atoms with Gasteiger partial charge in [0.2, 0.25) is 0 Å². The van der Waals surface area contributed by atoms with E-state index in [2.05, 4.69) is 62.9 Å². The van der Waals surface area contributed by atoms with Crippen LogP contribution in [0.3, 0.4) is 0 Å². The van der Waals surface area contributed by atoms with Crippen molar-refractivity contribution in [3.63, 3.8) is 0 Å². The Morgan fingerprint density at radius 1 is 1.17 bits per heavy atom. The van der Waals surface area contributed by atoms with Gasteiger partial charge in [-0.15, -0.1) is 0 Å². The molecule has 2 N–H and O–H groups in total. The van der Waals surface area contributed by atoms with Crippen LogP contribution < -0.4 is 5.32 Å². The lowest BCUT2D eigenvalue weighted by molar-refractivity contribution is 0.337. The summed E-state index contributed by atoms with van der Waals surface area (Å²) >= 11 is 2.29. The van der Waals surface area contributed by atoms with E-state index in [1.807, 2.05) is 31.4 Å². The van der Waals surface area contributed by atoms with Gasteiger partial charge in [0, 0.05) is 38.6 Å². The lowest BCUT2D eigenvalue weighted by Gasteiger charge is -2.16. The van der Waals surface area contributed by atoms with Gasteiger partial charge >= 0.3 is 0 Å². The van der Waals surface area contributed by atoms with Gasteiger partial charge in [-0.3, -0.25) is 4.98 Å². The second kappa shape index (κ2) is 7.36. The number of rotatable bonds is 5. The maximum Gasteiger partial charge on any atom is 0.120 e. The molecular weight excluding hydrogens is 413 g/mol. The summed E-state index contributed by atoms with van der Waals surface area (Å²) in [4.78, 5) is 6.59. The molecule has 0 atom stereocenters. The molecular formula is C19H20IN3O. The van der Waals surface area contributed by atoms with E-state index in [-0.39, 0.29) is 0 Å². The molecule has 3 aromatic rings. The van der Waals surface area contributed by atoms with Crippen molar-refractivity contribution in [2.24, 2.45) is 0 Å². The first-order chi connectivity index (χ1) is 11.6. The molecule has 0 amide bonds. The molecule has 0 aliphatic rings. The Morgan fingerprint density at radius 2 is 2.00 bits per heavy atom. The topological polar surface area (TPSA) is 48.4 Å². The zero-order valence-electron chi connectivity index (χ0n) is 13.8. The molecule has 0 bridgehead atoms. The van der Waals surface area contributed by atoms with E-state index in [4.69, 9.17) is 0 Å². The van der Waals surface area contributed by atoms with Crippen LogP contribution in [0, 0.1) is 3.57 Å². The third-order valence-corrected chi connectivity index (χ3v) is 4.71. The minimum absolute atomic E-state index is 0.329. The van der Waals surface area contributed by atoms with E-state index in [1.54, 1.807) is 6.07 Å². The number of fused-ring (bicyclic) bond motifs is 1. The van der Waals surface area contributed by atoms with Crippen molar-refractivity contribution in [3.8, 4) is 5.75 Å². The molecule has 5 heteroatoms. The summed E-state index contributed by atoms with van der Waals surface area (Å²) in [6.07, 6.45) is 1.81. The number of benzene rings is 2. The monoisotopic (exact) mass is 433 g/mol. The fourth-order valence-electron chi connectivity index (χ4n) is 2.58. The molecule has 0 saturated heterocycles. The van der Waals surface area contributed by atoms with Crippen molar-refractivity contribution in [1.29, 1.82) is 0 Å². The molecule has 0 aliphatic carbocycles. The van der Waals surface area contributed by atoms with Gasteiger partial charge in [-0.1, -0.05) is 6.92 Å². The lowest BCUT2D eigenvalue weighted by atomic mass is 10.1. The summed E-state index contributed by atoms with van der Waals surface area (Å²) in [5, 5.41) is 14.6. The molecule has 3 rings (SSSR count). The Balaban J connectivity index is 1.93. The first-order valence-electron chi connectivity index (χ1n) is 7.88. The van der Waals surface area contributed by atoms with Crippen LogP contribution in [0.5, 0.6) is 5.75 Å². The number of hydrogen-bond acceptors (Lipinski definition) is 4. The molecule has 1 aromatic heterocycles. The largest absolute Gasteiger partial charge is 0.508 e. The zero-order chi connectivity index (χ0) is 17.1. The molecule has 0 spiro atoms. The first kappa shape index (κ1) is 17.0. The molecule has 1 heterocycles. The molecule has 124 valence electrons. The van der Waals surface area contributed by atoms with Crippen LogP contribution in [0.4, 0.5) is 11.4 Å². The smallest absolute Gasteiger partial charge is 0.120 e. The van der Waals surface area contributed by atoms with E-state index in [9.17, 15) is 5.11 Å². The van der Waals surface area contributed by atoms with Gasteiger partial charge in [-0.25, -0.2) is 0 Å². The Kier molecular flexibility index (Phi) is 5.20. The Hall–Kier alpha value is -1.86. The Labute approximate surface area is 155 Å². The quantitative estimate of drug-likeness (QED) is 0.451. The van der Waals surface area contributed by atoms with Gasteiger partial charge in [0.25, 0.3) is 0 Å². The highest BCUT2D eigenvalue weighted by atomic mass is 127. The molecule has 0 fully saturated rings. The first-order valence-corrected chi connectivity index (χ1v) is 8.96. The van der Waals surface area contributed by atoms with E-state index in [1.165, 1.54) is 3.57 Å². The van der Waals surface area contributed by atoms with Gasteiger partial charge in [0.1, 0.15) is 5.75 Å². The molecule has 2 aromatic carbocycles. The minimum Gasteiger partial charge on any atom is -0.508 e. The normalized spacial score (nSPS) is 11.2. The predicted octanol–water partition coefficient (Wildman–Crippen LogP) is 4.74. The van der Waals surface area contributed by atoms with Crippen LogP contribution in [0.2, 0.25) is 0 Å². The summed E-state index contributed by atoms with van der Waals surface area (Å²) in [6.45, 7) is 3.75. The fourth-order valence-corrected chi connectivity index (χ4v) is 3.05. The lowest BCUT2D eigenvalue weighted by Crippen LogP contribution is -2.16. The van der Waals surface area contributed by atoms with Crippen molar-refractivity contribution in [2.75, 3.05) is 18.9 Å². The van der Waals surface area contributed by atoms with Gasteiger partial charge in [0.15, 0.2) is 0 Å². The molecule has 0 radical (unpaired) electrons. The summed E-state index contributed by atoms with van der Waals surface area (Å²) < 4.78 is 1.17. The van der Waals surface area contributed by atoms with Crippen LogP contribution in [0.25, 0.3) is 10.9 Å². The van der Waals surface area contributed by atoms with Gasteiger partial charge in [-0.05, 0) is 78.6 Å². The third kappa shape index (κ3) is 3.79. The number of phenols is 1. The number of nitrogens with one attached hydrogen (secondary N) is 1. The summed E-state index contributed by atoms with van der Waals surface area (Å²) in [6, 6.07) is 13.8. The highest BCUT2D eigenvalue weighted by Gasteiger charge is 2.07. The van der Waals surface area contributed by atoms with E-state index < -0.39 is 0 Å². The maximum absolute atomic E-state index is 10.1. The predicted molar refractivity (Wildman–Crippen MR) is 108 cm³/mol. The standard InChI is InChI=1S/C19H20IN3O/c1-3-23(2)12-13-10-15(5-7-19(13)24)22-17-8-9-21-18-11-14(20)4-6-16(17)18/h4-11,24H,3,12H2,1-2H3,(H,21,22). The number of hydrogen-bond donors (Lipinski definition) is 2. The number of anilines is 2. The molecule has 0 unspecified atom stereocenters. The highest BCUT2D eigenvalue weighted by Crippen LogP contribution is 2.29. The van der Waals surface area contributed by atoms with Gasteiger partial charge in [0.05, 0.1) is 5.52 Å². The average Bonchev–Trinajstić information content (AvgIpc) is 2.57. The van der Waals surface area contributed by atoms with Crippen LogP contribution in [0.15, 0.2) is 48.7 Å². The van der Waals surface area contributed by atoms with E-state index >= 15 is 0 Å². The number of aromatic hydroxyl groups is 1. The van der Waals surface area contributed by atoms with Crippen molar-refractivity contribution in [1.82, 2.24) is 9.88 Å².